The van der Waals surface area contributed by atoms with E-state index in [0.29, 0.717) is 11.1 Å². The van der Waals surface area contributed by atoms with Gasteiger partial charge in [0.1, 0.15) is 11.7 Å². The predicted molar refractivity (Wildman–Crippen MR) is 121 cm³/mol. The molecule has 0 radical (unpaired) electrons. The predicted octanol–water partition coefficient (Wildman–Crippen LogP) is 1.85. The van der Waals surface area contributed by atoms with Crippen LogP contribution in [0.2, 0.25) is 0 Å². The van der Waals surface area contributed by atoms with Crippen molar-refractivity contribution in [2.45, 2.75) is 83.7 Å². The molecule has 4 aliphatic carbocycles. The normalized spacial score (nSPS) is 44.0. The van der Waals surface area contributed by atoms with Gasteiger partial charge in [0, 0.05) is 48.3 Å². The lowest BCUT2D eigenvalue weighted by Crippen LogP contribution is -2.66. The highest BCUT2D eigenvalue weighted by molar-refractivity contribution is 6.04. The van der Waals surface area contributed by atoms with Crippen molar-refractivity contribution in [1.29, 1.82) is 0 Å². The number of aliphatic hydroxyl groups is 3. The second kappa shape index (κ2) is 7.73. The summed E-state index contributed by atoms with van der Waals surface area (Å²) in [5.74, 6) is -4.30. The van der Waals surface area contributed by atoms with Crippen molar-refractivity contribution >= 4 is 17.7 Å². The van der Waals surface area contributed by atoms with Crippen LogP contribution in [0, 0.1) is 29.1 Å². The van der Waals surface area contributed by atoms with Gasteiger partial charge in [-0.2, -0.15) is 0 Å². The zero-order valence-corrected chi connectivity index (χ0v) is 20.8. The highest BCUT2D eigenvalue weighted by atomic mass is 16.6. The Labute approximate surface area is 200 Å². The van der Waals surface area contributed by atoms with Crippen LogP contribution in [0.5, 0.6) is 0 Å². The van der Waals surface area contributed by atoms with Crippen LogP contribution >= 0.6 is 0 Å². The van der Waals surface area contributed by atoms with E-state index in [1.54, 1.807) is 39.8 Å². The number of carbonyl (C=O) groups excluding carboxylic acids is 3. The highest BCUT2D eigenvalue weighted by Gasteiger charge is 2.87. The summed E-state index contributed by atoms with van der Waals surface area (Å²) < 4.78 is 12.0. The highest BCUT2D eigenvalue weighted by Crippen LogP contribution is 2.77. The zero-order chi connectivity index (χ0) is 25.4. The number of carbonyl (C=O) groups is 3. The molecule has 0 spiro atoms. The summed E-state index contributed by atoms with van der Waals surface area (Å²) >= 11 is 0. The smallest absolute Gasteiger partial charge is 0.306 e. The third-order valence-corrected chi connectivity index (χ3v) is 9.08. The third kappa shape index (κ3) is 2.91. The number of ether oxygens (including phenoxy) is 2. The Bertz CT molecular complexity index is 995. The molecule has 3 N–H and O–H groups in total. The Balaban J connectivity index is 1.95. The zero-order valence-electron chi connectivity index (χ0n) is 20.8. The lowest BCUT2D eigenvalue weighted by Gasteiger charge is -2.53. The second-order valence-corrected chi connectivity index (χ2v) is 11.0. The molecular weight excluding hydrogens is 440 g/mol. The Morgan fingerprint density at radius 2 is 1.74 bits per heavy atom. The van der Waals surface area contributed by atoms with Gasteiger partial charge in [0.25, 0.3) is 0 Å². The van der Waals surface area contributed by atoms with Gasteiger partial charge in [-0.25, -0.2) is 0 Å². The number of rotatable bonds is 5. The van der Waals surface area contributed by atoms with E-state index in [2.05, 4.69) is 0 Å². The number of fused-ring (bicyclic) bond motifs is 5. The van der Waals surface area contributed by atoms with Crippen LogP contribution in [-0.2, 0) is 23.9 Å². The van der Waals surface area contributed by atoms with E-state index in [-0.39, 0.29) is 25.9 Å². The molecule has 3 unspecified atom stereocenters. The molecule has 34 heavy (non-hydrogen) atoms. The molecule has 0 aromatic carbocycles. The molecule has 8 nitrogen and oxygen atoms in total. The summed E-state index contributed by atoms with van der Waals surface area (Å²) in [7, 11) is 0. The largest absolute Gasteiger partial charge is 0.458 e. The van der Waals surface area contributed by atoms with E-state index in [1.807, 2.05) is 13.8 Å². The SMILES string of the molecule is CCC(=O)OC1[C@@H](C)[C@@]2(O)C(C=C(CO)CC3(O)C(=O)C(C)=C[C@H]32)[C@@H]2C(C)(C)[C@]12OC(=O)CC. The fourth-order valence-corrected chi connectivity index (χ4v) is 7.31. The first-order chi connectivity index (χ1) is 15.8. The first-order valence-electron chi connectivity index (χ1n) is 12.2. The average molecular weight is 477 g/mol. The molecule has 0 amide bonds. The molecule has 8 atom stereocenters. The fourth-order valence-electron chi connectivity index (χ4n) is 7.31. The van der Waals surface area contributed by atoms with E-state index in [1.165, 1.54) is 0 Å². The summed E-state index contributed by atoms with van der Waals surface area (Å²) in [6, 6.07) is 0. The second-order valence-electron chi connectivity index (χ2n) is 11.0. The molecule has 2 fully saturated rings. The summed E-state index contributed by atoms with van der Waals surface area (Å²) in [5.41, 5.74) is -4.69. The van der Waals surface area contributed by atoms with Crippen molar-refractivity contribution in [3.8, 4) is 0 Å². The molecule has 4 aliphatic rings. The van der Waals surface area contributed by atoms with Gasteiger partial charge in [-0.15, -0.1) is 0 Å². The minimum Gasteiger partial charge on any atom is -0.458 e. The maximum absolute atomic E-state index is 13.1. The molecule has 0 heterocycles. The van der Waals surface area contributed by atoms with Crippen LogP contribution in [0.4, 0.5) is 0 Å². The number of ketones is 1. The summed E-state index contributed by atoms with van der Waals surface area (Å²) in [6.07, 6.45) is 2.51. The molecule has 2 saturated carbocycles. The van der Waals surface area contributed by atoms with Crippen LogP contribution in [0.3, 0.4) is 0 Å². The maximum Gasteiger partial charge on any atom is 0.306 e. The standard InChI is InChI=1S/C26H36O8/c1-7-18(28)33-22-14(4)25(32)16(20-23(5,6)26(20,22)34-19(29)8-2)10-15(12-27)11-24(31)17(25)9-13(3)21(24)30/h9-10,14,16-17,20,22,27,31-32H,7-8,11-12H2,1-6H3/t14-,16?,17-,20-,22?,24?,25-,26-/m1/s1. The van der Waals surface area contributed by atoms with Crippen molar-refractivity contribution in [3.63, 3.8) is 0 Å². The van der Waals surface area contributed by atoms with Crippen molar-refractivity contribution in [2.24, 2.45) is 29.1 Å². The Morgan fingerprint density at radius 1 is 1.12 bits per heavy atom. The van der Waals surface area contributed by atoms with Crippen LogP contribution in [0.25, 0.3) is 0 Å². The van der Waals surface area contributed by atoms with Gasteiger partial charge < -0.3 is 24.8 Å². The van der Waals surface area contributed by atoms with E-state index in [0.717, 1.165) is 0 Å². The Morgan fingerprint density at radius 3 is 2.29 bits per heavy atom. The third-order valence-electron chi connectivity index (χ3n) is 9.08. The van der Waals surface area contributed by atoms with Crippen LogP contribution in [0.15, 0.2) is 23.3 Å². The van der Waals surface area contributed by atoms with Crippen LogP contribution in [-0.4, -0.2) is 62.6 Å². The van der Waals surface area contributed by atoms with Crippen molar-refractivity contribution in [2.75, 3.05) is 6.61 Å². The molecule has 0 aromatic rings. The van der Waals surface area contributed by atoms with Crippen molar-refractivity contribution in [3.05, 3.63) is 23.3 Å². The van der Waals surface area contributed by atoms with E-state index in [9.17, 15) is 29.7 Å². The van der Waals surface area contributed by atoms with Crippen LogP contribution in [0.1, 0.15) is 60.8 Å². The topological polar surface area (TPSA) is 130 Å². The molecule has 8 heteroatoms. The molecule has 0 saturated heterocycles. The lowest BCUT2D eigenvalue weighted by molar-refractivity contribution is -0.228. The molecule has 0 aliphatic heterocycles. The molecular formula is C26H36O8. The number of hydrogen-bond acceptors (Lipinski definition) is 8. The van der Waals surface area contributed by atoms with Gasteiger partial charge in [0.2, 0.25) is 0 Å². The number of esters is 2. The van der Waals surface area contributed by atoms with Gasteiger partial charge in [-0.05, 0) is 18.1 Å². The van der Waals surface area contributed by atoms with Gasteiger partial charge in [0.05, 0.1) is 12.2 Å². The quantitative estimate of drug-likeness (QED) is 0.405. The summed E-state index contributed by atoms with van der Waals surface area (Å²) in [6.45, 7) is 10.1. The summed E-state index contributed by atoms with van der Waals surface area (Å²) in [4.78, 5) is 38.2. The number of hydrogen-bond donors (Lipinski definition) is 3. The number of aliphatic hydroxyl groups excluding tert-OH is 1. The first kappa shape index (κ1) is 25.1. The maximum atomic E-state index is 13.1. The fraction of sp³-hybridized carbons (Fsp3) is 0.731. The monoisotopic (exact) mass is 476 g/mol. The van der Waals surface area contributed by atoms with Gasteiger partial charge >= 0.3 is 11.9 Å². The van der Waals surface area contributed by atoms with Gasteiger partial charge in [-0.3, -0.25) is 14.4 Å². The van der Waals surface area contributed by atoms with Gasteiger partial charge in [-0.1, -0.05) is 46.8 Å². The minimum absolute atomic E-state index is 0.105. The Hall–Kier alpha value is -2.03. The molecule has 188 valence electrons. The van der Waals surface area contributed by atoms with Gasteiger partial charge in [0.15, 0.2) is 11.4 Å². The number of Topliss-reactive ketones (excluding diaryl/α,β-unsaturated/α-hetero) is 1. The molecule has 0 bridgehead atoms. The average Bonchev–Trinajstić information content (AvgIpc) is 3.22. The lowest BCUT2D eigenvalue weighted by atomic mass is 9.59. The van der Waals surface area contributed by atoms with E-state index < -0.39 is 69.7 Å². The van der Waals surface area contributed by atoms with Crippen molar-refractivity contribution < 1.29 is 39.2 Å². The van der Waals surface area contributed by atoms with E-state index in [4.69, 9.17) is 9.47 Å². The van der Waals surface area contributed by atoms with Crippen molar-refractivity contribution in [1.82, 2.24) is 0 Å². The minimum atomic E-state index is -1.92. The first-order valence-corrected chi connectivity index (χ1v) is 12.2. The summed E-state index contributed by atoms with van der Waals surface area (Å²) in [5, 5.41) is 34.2. The van der Waals surface area contributed by atoms with E-state index >= 15 is 0 Å². The molecule has 4 rings (SSSR count). The van der Waals surface area contributed by atoms with Crippen LogP contribution < -0.4 is 0 Å². The molecule has 0 aromatic heterocycles. The Kier molecular flexibility index (Phi) is 5.70.